The molecule has 138 valence electrons. The lowest BCUT2D eigenvalue weighted by molar-refractivity contribution is -0.139. The van der Waals surface area contributed by atoms with Crippen molar-refractivity contribution in [1.82, 2.24) is 10.6 Å². The molecule has 0 radical (unpaired) electrons. The first-order chi connectivity index (χ1) is 11.2. The second kappa shape index (κ2) is 8.03. The summed E-state index contributed by atoms with van der Waals surface area (Å²) in [5, 5.41) is 12.2. The van der Waals surface area contributed by atoms with Gasteiger partial charge in [-0.3, -0.25) is 4.79 Å². The minimum atomic E-state index is -4.79. The molecule has 2 atom stereocenters. The topological polar surface area (TPSA) is 99.1 Å². The van der Waals surface area contributed by atoms with Crippen LogP contribution in [0.4, 0.5) is 13.2 Å². The fourth-order valence-corrected chi connectivity index (χ4v) is 4.40. The molecule has 0 saturated carbocycles. The number of sulfone groups is 1. The Morgan fingerprint density at radius 3 is 2.60 bits per heavy atom. The highest BCUT2D eigenvalue weighted by Crippen LogP contribution is 2.36. The van der Waals surface area contributed by atoms with Crippen LogP contribution in [-0.4, -0.2) is 38.7 Å². The highest BCUT2D eigenvalue weighted by atomic mass is 35.5. The molecule has 1 heterocycles. The molecule has 0 aromatic heterocycles. The summed E-state index contributed by atoms with van der Waals surface area (Å²) in [5.74, 6) is -0.557. The van der Waals surface area contributed by atoms with Crippen molar-refractivity contribution < 1.29 is 26.4 Å². The number of carbonyl (C=O) groups excluding carboxylic acids is 1. The van der Waals surface area contributed by atoms with Crippen molar-refractivity contribution >= 4 is 28.2 Å². The normalized spacial score (nSPS) is 20.4. The molecule has 1 aliphatic heterocycles. The summed E-state index contributed by atoms with van der Waals surface area (Å²) in [5.41, 5.74) is -1.22. The lowest BCUT2D eigenvalue weighted by atomic mass is 10.2. The number of benzene rings is 1. The number of nitrogens with one attached hydrogen (secondary N) is 2. The highest BCUT2D eigenvalue weighted by Gasteiger charge is 2.42. The molecule has 11 heteroatoms. The third-order valence-electron chi connectivity index (χ3n) is 3.69. The van der Waals surface area contributed by atoms with E-state index in [9.17, 15) is 26.4 Å². The quantitative estimate of drug-likeness (QED) is 0.745. The Hall–Kier alpha value is -1.83. The fraction of sp³-hybridized carbons (Fsp3) is 0.429. The van der Waals surface area contributed by atoms with Crippen LogP contribution in [0.5, 0.6) is 0 Å². The molecule has 1 amide bonds. The molecule has 25 heavy (non-hydrogen) atoms. The van der Waals surface area contributed by atoms with Crippen LogP contribution in [-0.2, 0) is 20.8 Å². The Balaban J connectivity index is 0.00000312. The summed E-state index contributed by atoms with van der Waals surface area (Å²) in [6.07, 6.45) is -4.95. The van der Waals surface area contributed by atoms with E-state index in [2.05, 4.69) is 10.6 Å². The Morgan fingerprint density at radius 1 is 1.36 bits per heavy atom. The largest absolute Gasteiger partial charge is 0.417 e. The van der Waals surface area contributed by atoms with Gasteiger partial charge in [0.1, 0.15) is 6.54 Å². The number of alkyl halides is 3. The molecule has 0 spiro atoms. The van der Waals surface area contributed by atoms with Crippen molar-refractivity contribution in [2.75, 3.05) is 13.1 Å². The minimum absolute atomic E-state index is 0. The van der Waals surface area contributed by atoms with Crippen LogP contribution < -0.4 is 10.6 Å². The molecule has 0 aliphatic carbocycles. The SMILES string of the molecule is Cl.N#CCNC(=O)[C@@H]1C[C@@H](S(=O)(=O)c2ccccc2C(F)(F)F)CN1. The maximum atomic E-state index is 13.0. The third-order valence-corrected chi connectivity index (χ3v) is 5.89. The smallest absolute Gasteiger partial charge is 0.342 e. The molecule has 0 unspecified atom stereocenters. The zero-order valence-corrected chi connectivity index (χ0v) is 14.3. The lowest BCUT2D eigenvalue weighted by Gasteiger charge is -2.16. The molecule has 6 nitrogen and oxygen atoms in total. The Labute approximate surface area is 148 Å². The number of nitrogens with zero attached hydrogens (tertiary/aromatic N) is 1. The Kier molecular flexibility index (Phi) is 6.82. The van der Waals surface area contributed by atoms with Crippen molar-refractivity contribution in [2.45, 2.75) is 28.8 Å². The average Bonchev–Trinajstić information content (AvgIpc) is 3.02. The van der Waals surface area contributed by atoms with E-state index in [1.807, 2.05) is 0 Å². The van der Waals surface area contributed by atoms with Gasteiger partial charge in [0, 0.05) is 6.54 Å². The van der Waals surface area contributed by atoms with Crippen LogP contribution in [0, 0.1) is 11.3 Å². The van der Waals surface area contributed by atoms with Crippen molar-refractivity contribution in [1.29, 1.82) is 5.26 Å². The standard InChI is InChI=1S/C14H14F3N3O3S.ClH/c15-14(16,17)10-3-1-2-4-12(10)24(22,23)9-7-11(20-8-9)13(21)19-6-5-18;/h1-4,9,11,20H,6-8H2,(H,19,21);1H/t9-,11+;/m1./s1. The summed E-state index contributed by atoms with van der Waals surface area (Å²) in [7, 11) is -4.27. The summed E-state index contributed by atoms with van der Waals surface area (Å²) >= 11 is 0. The monoisotopic (exact) mass is 397 g/mol. The first-order valence-corrected chi connectivity index (χ1v) is 8.50. The highest BCUT2D eigenvalue weighted by molar-refractivity contribution is 7.92. The van der Waals surface area contributed by atoms with Gasteiger partial charge in [0.15, 0.2) is 9.84 Å². The van der Waals surface area contributed by atoms with E-state index in [4.69, 9.17) is 5.26 Å². The van der Waals surface area contributed by atoms with Crippen molar-refractivity contribution in [3.63, 3.8) is 0 Å². The molecule has 2 N–H and O–H groups in total. The van der Waals surface area contributed by atoms with Crippen molar-refractivity contribution in [2.24, 2.45) is 0 Å². The number of nitriles is 1. The number of hydrogen-bond acceptors (Lipinski definition) is 5. The second-order valence-electron chi connectivity index (χ2n) is 5.23. The van der Waals surface area contributed by atoms with Crippen molar-refractivity contribution in [3.05, 3.63) is 29.8 Å². The van der Waals surface area contributed by atoms with Gasteiger partial charge in [0.05, 0.1) is 27.8 Å². The second-order valence-corrected chi connectivity index (χ2v) is 7.43. The number of halogens is 4. The maximum absolute atomic E-state index is 13.0. The van der Waals surface area contributed by atoms with Gasteiger partial charge in [-0.1, -0.05) is 12.1 Å². The number of carbonyl (C=O) groups is 1. The van der Waals surface area contributed by atoms with E-state index >= 15 is 0 Å². The van der Waals surface area contributed by atoms with Gasteiger partial charge < -0.3 is 10.6 Å². The third kappa shape index (κ3) is 4.62. The van der Waals surface area contributed by atoms with Gasteiger partial charge in [-0.2, -0.15) is 18.4 Å². The molecule has 1 aliphatic rings. The zero-order valence-electron chi connectivity index (χ0n) is 12.7. The first kappa shape index (κ1) is 21.2. The summed E-state index contributed by atoms with van der Waals surface area (Å²) in [6.45, 7) is -0.371. The molecule has 0 bridgehead atoms. The van der Waals surface area contributed by atoms with E-state index in [1.165, 1.54) is 6.07 Å². The summed E-state index contributed by atoms with van der Waals surface area (Å²) < 4.78 is 64.2. The van der Waals surface area contributed by atoms with Crippen LogP contribution in [0.3, 0.4) is 0 Å². The van der Waals surface area contributed by atoms with Gasteiger partial charge in [0.25, 0.3) is 0 Å². The van der Waals surface area contributed by atoms with E-state index < -0.39 is 43.7 Å². The van der Waals surface area contributed by atoms with Crippen LogP contribution in [0.25, 0.3) is 0 Å². The molecule has 1 fully saturated rings. The van der Waals surface area contributed by atoms with Crippen LogP contribution in [0.1, 0.15) is 12.0 Å². The predicted octanol–water partition coefficient (Wildman–Crippen LogP) is 1.27. The van der Waals surface area contributed by atoms with Crippen molar-refractivity contribution in [3.8, 4) is 6.07 Å². The lowest BCUT2D eigenvalue weighted by Crippen LogP contribution is -2.40. The number of rotatable bonds is 4. The maximum Gasteiger partial charge on any atom is 0.417 e. The number of hydrogen-bond donors (Lipinski definition) is 2. The van der Waals surface area contributed by atoms with Gasteiger partial charge in [-0.15, -0.1) is 12.4 Å². The summed E-state index contributed by atoms with van der Waals surface area (Å²) in [6, 6.07) is 4.82. The zero-order chi connectivity index (χ0) is 18.0. The van der Waals surface area contributed by atoms with Gasteiger partial charge in [0.2, 0.25) is 5.91 Å². The minimum Gasteiger partial charge on any atom is -0.342 e. The van der Waals surface area contributed by atoms with E-state index in [1.54, 1.807) is 6.07 Å². The van der Waals surface area contributed by atoms with Gasteiger partial charge in [-0.25, -0.2) is 8.42 Å². The van der Waals surface area contributed by atoms with E-state index in [0.717, 1.165) is 12.1 Å². The molecule has 1 aromatic carbocycles. The van der Waals surface area contributed by atoms with Gasteiger partial charge in [-0.05, 0) is 18.6 Å². The fourth-order valence-electron chi connectivity index (χ4n) is 2.52. The van der Waals surface area contributed by atoms with Gasteiger partial charge >= 0.3 is 6.18 Å². The van der Waals surface area contributed by atoms with E-state index in [-0.39, 0.29) is 31.9 Å². The molecule has 1 aromatic rings. The van der Waals surface area contributed by atoms with Crippen LogP contribution in [0.2, 0.25) is 0 Å². The average molecular weight is 398 g/mol. The first-order valence-electron chi connectivity index (χ1n) is 6.96. The van der Waals surface area contributed by atoms with Crippen LogP contribution in [0.15, 0.2) is 29.2 Å². The number of amides is 1. The predicted molar refractivity (Wildman–Crippen MR) is 84.7 cm³/mol. The Bertz CT molecular complexity index is 778. The Morgan fingerprint density at radius 2 is 2.00 bits per heavy atom. The molecule has 2 rings (SSSR count). The molecular formula is C14H15ClF3N3O3S. The summed E-state index contributed by atoms with van der Waals surface area (Å²) in [4.78, 5) is 11.0. The molecular weight excluding hydrogens is 383 g/mol. The van der Waals surface area contributed by atoms with Crippen LogP contribution >= 0.6 is 12.4 Å². The van der Waals surface area contributed by atoms with E-state index in [0.29, 0.717) is 6.07 Å². The molecule has 1 saturated heterocycles.